The Hall–Kier alpha value is -0.0800. The second-order valence-corrected chi connectivity index (χ2v) is 7.67. The third-order valence-electron chi connectivity index (χ3n) is 6.54. The molecule has 2 N–H and O–H groups in total. The maximum atomic E-state index is 6.12. The Labute approximate surface area is 125 Å². The molecule has 3 rings (SSSR count). The van der Waals surface area contributed by atoms with E-state index < -0.39 is 0 Å². The molecule has 1 aliphatic heterocycles. The molecular weight excluding hydrogens is 244 g/mol. The summed E-state index contributed by atoms with van der Waals surface area (Å²) in [6, 6.07) is 1.74. The Morgan fingerprint density at radius 2 is 1.85 bits per heavy atom. The van der Waals surface area contributed by atoms with E-state index in [-0.39, 0.29) is 0 Å². The molecule has 0 radical (unpaired) electrons. The molecule has 2 saturated carbocycles. The average molecular weight is 278 g/mol. The van der Waals surface area contributed by atoms with E-state index in [1.807, 2.05) is 0 Å². The first-order chi connectivity index (χ1) is 9.83. The van der Waals surface area contributed by atoms with Crippen LogP contribution in [0.2, 0.25) is 0 Å². The van der Waals surface area contributed by atoms with Crippen molar-refractivity contribution in [2.45, 2.75) is 83.2 Å². The number of likely N-dealkylation sites (tertiary alicyclic amines) is 1. The summed E-state index contributed by atoms with van der Waals surface area (Å²) in [4.78, 5) is 2.93. The van der Waals surface area contributed by atoms with E-state index in [1.54, 1.807) is 0 Å². The van der Waals surface area contributed by atoms with Gasteiger partial charge in [-0.15, -0.1) is 0 Å². The summed E-state index contributed by atoms with van der Waals surface area (Å²) in [6.45, 7) is 4.63. The van der Waals surface area contributed by atoms with Crippen LogP contribution in [-0.4, -0.2) is 30.1 Å². The molecule has 0 amide bonds. The Kier molecular flexibility index (Phi) is 5.04. The minimum Gasteiger partial charge on any atom is -0.330 e. The van der Waals surface area contributed by atoms with E-state index in [4.69, 9.17) is 5.73 Å². The van der Waals surface area contributed by atoms with Crippen molar-refractivity contribution in [3.63, 3.8) is 0 Å². The van der Waals surface area contributed by atoms with Crippen molar-refractivity contribution < 1.29 is 0 Å². The lowest BCUT2D eigenvalue weighted by Crippen LogP contribution is -2.50. The topological polar surface area (TPSA) is 29.3 Å². The van der Waals surface area contributed by atoms with Gasteiger partial charge in [0.05, 0.1) is 0 Å². The number of fused-ring (bicyclic) bond motifs is 1. The molecule has 0 aromatic carbocycles. The van der Waals surface area contributed by atoms with Gasteiger partial charge in [-0.25, -0.2) is 0 Å². The Bertz CT molecular complexity index is 304. The second-order valence-electron chi connectivity index (χ2n) is 7.67. The highest BCUT2D eigenvalue weighted by Gasteiger charge is 2.42. The number of nitrogens with zero attached hydrogens (tertiary/aromatic N) is 1. The van der Waals surface area contributed by atoms with E-state index in [1.165, 1.54) is 70.8 Å². The molecule has 0 aromatic heterocycles. The van der Waals surface area contributed by atoms with Gasteiger partial charge in [-0.05, 0) is 62.9 Å². The fraction of sp³-hybridized carbons (Fsp3) is 1.00. The van der Waals surface area contributed by atoms with Gasteiger partial charge < -0.3 is 5.73 Å². The molecule has 1 saturated heterocycles. The van der Waals surface area contributed by atoms with Crippen LogP contribution in [0.3, 0.4) is 0 Å². The third-order valence-corrected chi connectivity index (χ3v) is 6.54. The molecule has 1 heterocycles. The standard InChI is InChI=1S/C18H34N2/c1-2-5-14-8-9-16(13-19)18(12-14)20-11-10-15-6-3-4-7-17(15)20/h14-18H,2-13,19H2,1H3. The Morgan fingerprint density at radius 1 is 1.00 bits per heavy atom. The van der Waals surface area contributed by atoms with Crippen molar-refractivity contribution in [1.82, 2.24) is 4.90 Å². The largest absolute Gasteiger partial charge is 0.330 e. The van der Waals surface area contributed by atoms with Crippen LogP contribution in [0.5, 0.6) is 0 Å². The zero-order valence-electron chi connectivity index (χ0n) is 13.4. The lowest BCUT2D eigenvalue weighted by atomic mass is 9.75. The predicted octanol–water partition coefficient (Wildman–Crippen LogP) is 3.79. The van der Waals surface area contributed by atoms with Crippen LogP contribution in [0.1, 0.15) is 71.1 Å². The highest BCUT2D eigenvalue weighted by atomic mass is 15.2. The van der Waals surface area contributed by atoms with Gasteiger partial charge in [0.1, 0.15) is 0 Å². The van der Waals surface area contributed by atoms with Crippen molar-refractivity contribution in [3.05, 3.63) is 0 Å². The molecule has 0 aromatic rings. The molecule has 0 spiro atoms. The van der Waals surface area contributed by atoms with Gasteiger partial charge in [-0.2, -0.15) is 0 Å². The van der Waals surface area contributed by atoms with E-state index in [0.29, 0.717) is 0 Å². The highest BCUT2D eigenvalue weighted by molar-refractivity contribution is 4.97. The fourth-order valence-corrected chi connectivity index (χ4v) is 5.50. The number of rotatable bonds is 4. The lowest BCUT2D eigenvalue weighted by molar-refractivity contribution is 0.0505. The monoisotopic (exact) mass is 278 g/mol. The first-order valence-electron chi connectivity index (χ1n) is 9.29. The Balaban J connectivity index is 1.68. The minimum absolute atomic E-state index is 0.781. The van der Waals surface area contributed by atoms with Crippen molar-refractivity contribution in [3.8, 4) is 0 Å². The van der Waals surface area contributed by atoms with Gasteiger partial charge in [0.25, 0.3) is 0 Å². The van der Waals surface area contributed by atoms with E-state index in [2.05, 4.69) is 11.8 Å². The van der Waals surface area contributed by atoms with Crippen LogP contribution in [0, 0.1) is 17.8 Å². The van der Waals surface area contributed by atoms with Gasteiger partial charge in [0.2, 0.25) is 0 Å². The molecule has 5 atom stereocenters. The highest BCUT2D eigenvalue weighted by Crippen LogP contribution is 2.42. The van der Waals surface area contributed by atoms with Crippen LogP contribution in [0.4, 0.5) is 0 Å². The maximum absolute atomic E-state index is 6.12. The summed E-state index contributed by atoms with van der Waals surface area (Å²) < 4.78 is 0. The molecule has 2 heteroatoms. The van der Waals surface area contributed by atoms with Crippen LogP contribution in [-0.2, 0) is 0 Å². The summed E-state index contributed by atoms with van der Waals surface area (Å²) in [5.74, 6) is 2.79. The van der Waals surface area contributed by atoms with E-state index >= 15 is 0 Å². The molecule has 0 bridgehead atoms. The smallest absolute Gasteiger partial charge is 0.0141 e. The van der Waals surface area contributed by atoms with Crippen LogP contribution in [0.25, 0.3) is 0 Å². The minimum atomic E-state index is 0.781. The second kappa shape index (κ2) is 6.79. The first kappa shape index (κ1) is 14.8. The zero-order valence-corrected chi connectivity index (χ0v) is 13.4. The molecule has 5 unspecified atom stereocenters. The van der Waals surface area contributed by atoms with Gasteiger partial charge in [0.15, 0.2) is 0 Å². The van der Waals surface area contributed by atoms with E-state index in [0.717, 1.165) is 36.4 Å². The molecule has 3 aliphatic rings. The normalized spacial score (nSPS) is 42.6. The predicted molar refractivity (Wildman–Crippen MR) is 85.7 cm³/mol. The number of hydrogen-bond donors (Lipinski definition) is 1. The number of hydrogen-bond acceptors (Lipinski definition) is 2. The summed E-state index contributed by atoms with van der Waals surface area (Å²) in [5.41, 5.74) is 6.12. The van der Waals surface area contributed by atoms with Crippen LogP contribution >= 0.6 is 0 Å². The summed E-state index contributed by atoms with van der Waals surface area (Å²) in [6.07, 6.45) is 14.5. The third kappa shape index (κ3) is 2.92. The average Bonchev–Trinajstić information content (AvgIpc) is 2.91. The van der Waals surface area contributed by atoms with E-state index in [9.17, 15) is 0 Å². The van der Waals surface area contributed by atoms with Gasteiger partial charge in [-0.1, -0.05) is 39.0 Å². The zero-order chi connectivity index (χ0) is 13.9. The first-order valence-corrected chi connectivity index (χ1v) is 9.29. The van der Waals surface area contributed by atoms with Gasteiger partial charge in [0, 0.05) is 12.1 Å². The summed E-state index contributed by atoms with van der Waals surface area (Å²) >= 11 is 0. The van der Waals surface area contributed by atoms with Crippen LogP contribution < -0.4 is 5.73 Å². The molecule has 116 valence electrons. The fourth-order valence-electron chi connectivity index (χ4n) is 5.50. The van der Waals surface area contributed by atoms with Crippen molar-refractivity contribution in [1.29, 1.82) is 0 Å². The summed E-state index contributed by atoms with van der Waals surface area (Å²) in [7, 11) is 0. The summed E-state index contributed by atoms with van der Waals surface area (Å²) in [5, 5.41) is 0. The lowest BCUT2D eigenvalue weighted by Gasteiger charge is -2.45. The molecule has 20 heavy (non-hydrogen) atoms. The van der Waals surface area contributed by atoms with Crippen molar-refractivity contribution >= 4 is 0 Å². The quantitative estimate of drug-likeness (QED) is 0.847. The van der Waals surface area contributed by atoms with Crippen LogP contribution in [0.15, 0.2) is 0 Å². The molecular formula is C18H34N2. The van der Waals surface area contributed by atoms with Gasteiger partial charge in [-0.3, -0.25) is 4.90 Å². The number of nitrogens with two attached hydrogens (primary N) is 1. The van der Waals surface area contributed by atoms with Gasteiger partial charge >= 0.3 is 0 Å². The van der Waals surface area contributed by atoms with Crippen molar-refractivity contribution in [2.75, 3.05) is 13.1 Å². The molecule has 2 aliphatic carbocycles. The Morgan fingerprint density at radius 3 is 2.65 bits per heavy atom. The molecule has 2 nitrogen and oxygen atoms in total. The maximum Gasteiger partial charge on any atom is 0.0141 e. The molecule has 3 fully saturated rings. The SMILES string of the molecule is CCCC1CCC(CN)C(N2CCC3CCCCC32)C1. The van der Waals surface area contributed by atoms with Crippen molar-refractivity contribution in [2.24, 2.45) is 23.5 Å².